The third-order valence-corrected chi connectivity index (χ3v) is 6.53. The van der Waals surface area contributed by atoms with Crippen molar-refractivity contribution in [2.24, 2.45) is 4.99 Å². The molecule has 1 fully saturated rings. The molecule has 28 heavy (non-hydrogen) atoms. The highest BCUT2D eigenvalue weighted by Gasteiger charge is 2.36. The Bertz CT molecular complexity index is 1140. The Labute approximate surface area is 166 Å². The number of thioether (sulfide) groups is 1. The highest BCUT2D eigenvalue weighted by molar-refractivity contribution is 8.14. The summed E-state index contributed by atoms with van der Waals surface area (Å²) in [6, 6.07) is 1.99. The van der Waals surface area contributed by atoms with Gasteiger partial charge in [-0.05, 0) is 39.7 Å². The minimum absolute atomic E-state index is 0.0941. The summed E-state index contributed by atoms with van der Waals surface area (Å²) < 4.78 is 9.55. The molecule has 5 rings (SSSR count). The van der Waals surface area contributed by atoms with E-state index in [9.17, 15) is 4.79 Å². The first-order valence-corrected chi connectivity index (χ1v) is 10.3. The average Bonchev–Trinajstić information content (AvgIpc) is 3.22. The summed E-state index contributed by atoms with van der Waals surface area (Å²) in [5, 5.41) is 8.20. The zero-order valence-corrected chi connectivity index (χ0v) is 16.9. The molecule has 2 aliphatic rings. The summed E-state index contributed by atoms with van der Waals surface area (Å²) in [7, 11) is 0. The van der Waals surface area contributed by atoms with E-state index in [1.165, 1.54) is 0 Å². The fourth-order valence-corrected chi connectivity index (χ4v) is 5.25. The first-order chi connectivity index (χ1) is 13.4. The molecule has 0 radical (unpaired) electrons. The molecule has 0 bridgehead atoms. The van der Waals surface area contributed by atoms with Gasteiger partial charge < -0.3 is 4.74 Å². The van der Waals surface area contributed by atoms with Crippen molar-refractivity contribution in [3.05, 3.63) is 46.1 Å². The first-order valence-electron chi connectivity index (χ1n) is 9.41. The van der Waals surface area contributed by atoms with Crippen LogP contribution in [0.3, 0.4) is 0 Å². The Balaban J connectivity index is 1.64. The molecule has 2 unspecified atom stereocenters. The van der Waals surface area contributed by atoms with Crippen LogP contribution in [-0.4, -0.2) is 41.6 Å². The third kappa shape index (κ3) is 2.80. The SMILES string of the molecule is CC1=Nc2c(c(=O)[nH]n2C2CCOC(C)(C)C2)C(c2cnn3cccnc23)S1. The van der Waals surface area contributed by atoms with E-state index in [0.717, 1.165) is 34.9 Å². The van der Waals surface area contributed by atoms with Gasteiger partial charge in [0.25, 0.3) is 5.56 Å². The smallest absolute Gasteiger partial charge is 0.271 e. The molecule has 146 valence electrons. The van der Waals surface area contributed by atoms with Crippen molar-refractivity contribution < 1.29 is 4.74 Å². The lowest BCUT2D eigenvalue weighted by atomic mass is 9.94. The lowest BCUT2D eigenvalue weighted by Crippen LogP contribution is -2.35. The van der Waals surface area contributed by atoms with Crippen molar-refractivity contribution in [3.63, 3.8) is 0 Å². The molecular formula is C19H22N6O2S. The summed E-state index contributed by atoms with van der Waals surface area (Å²) in [4.78, 5) is 22.2. The van der Waals surface area contributed by atoms with Crippen LogP contribution in [0.4, 0.5) is 5.82 Å². The van der Waals surface area contributed by atoms with Crippen molar-refractivity contribution in [3.8, 4) is 0 Å². The zero-order valence-electron chi connectivity index (χ0n) is 16.0. The molecule has 3 aromatic heterocycles. The number of fused-ring (bicyclic) bond motifs is 2. The van der Waals surface area contributed by atoms with Crippen molar-refractivity contribution >= 4 is 28.3 Å². The van der Waals surface area contributed by atoms with E-state index >= 15 is 0 Å². The molecule has 5 heterocycles. The fraction of sp³-hybridized carbons (Fsp3) is 0.474. The largest absolute Gasteiger partial charge is 0.375 e. The molecule has 0 amide bonds. The summed E-state index contributed by atoms with van der Waals surface area (Å²) in [6.07, 6.45) is 7.09. The van der Waals surface area contributed by atoms with Crippen LogP contribution >= 0.6 is 11.8 Å². The Morgan fingerprint density at radius 2 is 2.25 bits per heavy atom. The van der Waals surface area contributed by atoms with Gasteiger partial charge in [-0.1, -0.05) is 11.8 Å². The van der Waals surface area contributed by atoms with Crippen LogP contribution in [0.1, 0.15) is 56.0 Å². The van der Waals surface area contributed by atoms with Gasteiger partial charge in [0.05, 0.1) is 33.7 Å². The van der Waals surface area contributed by atoms with Crippen molar-refractivity contribution in [2.75, 3.05) is 6.61 Å². The van der Waals surface area contributed by atoms with E-state index in [4.69, 9.17) is 9.73 Å². The van der Waals surface area contributed by atoms with Gasteiger partial charge >= 0.3 is 0 Å². The van der Waals surface area contributed by atoms with Crippen molar-refractivity contribution in [1.82, 2.24) is 24.4 Å². The summed E-state index contributed by atoms with van der Waals surface area (Å²) in [6.45, 7) is 6.83. The maximum absolute atomic E-state index is 13.0. The maximum atomic E-state index is 13.0. The van der Waals surface area contributed by atoms with Gasteiger partial charge in [0.1, 0.15) is 0 Å². The molecule has 2 aliphatic heterocycles. The Morgan fingerprint density at radius 3 is 3.07 bits per heavy atom. The van der Waals surface area contributed by atoms with E-state index in [2.05, 4.69) is 29.0 Å². The van der Waals surface area contributed by atoms with Crippen LogP contribution in [0.15, 0.2) is 34.4 Å². The molecule has 8 nitrogen and oxygen atoms in total. The third-order valence-electron chi connectivity index (χ3n) is 5.37. The number of ether oxygens (including phenoxy) is 1. The molecule has 0 saturated carbocycles. The van der Waals surface area contributed by atoms with E-state index in [0.29, 0.717) is 12.2 Å². The van der Waals surface area contributed by atoms with Gasteiger partial charge in [0.15, 0.2) is 11.5 Å². The minimum atomic E-state index is -0.217. The standard InChI is InChI=1S/C19H22N6O2S/c1-11-22-17-14(15(28-11)13-10-21-24-7-4-6-20-16(13)24)18(26)23-25(17)12-5-8-27-19(2,3)9-12/h4,6-7,10,12,15H,5,8-9H2,1-3H3,(H,23,26). The molecular weight excluding hydrogens is 376 g/mol. The van der Waals surface area contributed by atoms with Crippen LogP contribution in [0.25, 0.3) is 5.65 Å². The van der Waals surface area contributed by atoms with Crippen molar-refractivity contribution in [1.29, 1.82) is 0 Å². The predicted octanol–water partition coefficient (Wildman–Crippen LogP) is 3.24. The number of aromatic amines is 1. The molecule has 9 heteroatoms. The van der Waals surface area contributed by atoms with E-state index in [-0.39, 0.29) is 22.5 Å². The lowest BCUT2D eigenvalue weighted by molar-refractivity contribution is -0.0705. The summed E-state index contributed by atoms with van der Waals surface area (Å²) in [5.74, 6) is 0.726. The predicted molar refractivity (Wildman–Crippen MR) is 109 cm³/mol. The van der Waals surface area contributed by atoms with Crippen LogP contribution < -0.4 is 5.56 Å². The Morgan fingerprint density at radius 1 is 1.39 bits per heavy atom. The highest BCUT2D eigenvalue weighted by atomic mass is 32.2. The van der Waals surface area contributed by atoms with Crippen LogP contribution in [-0.2, 0) is 4.74 Å². The molecule has 0 spiro atoms. The zero-order chi connectivity index (χ0) is 19.5. The first kappa shape index (κ1) is 17.7. The molecule has 1 saturated heterocycles. The molecule has 0 aromatic carbocycles. The second-order valence-corrected chi connectivity index (χ2v) is 9.22. The quantitative estimate of drug-likeness (QED) is 0.716. The van der Waals surface area contributed by atoms with Crippen molar-refractivity contribution in [2.45, 2.75) is 50.5 Å². The number of hydrogen-bond acceptors (Lipinski definition) is 6. The molecule has 3 aromatic rings. The minimum Gasteiger partial charge on any atom is -0.375 e. The monoisotopic (exact) mass is 398 g/mol. The number of hydrogen-bond donors (Lipinski definition) is 1. The van der Waals surface area contributed by atoms with Crippen LogP contribution in [0.2, 0.25) is 0 Å². The molecule has 0 aliphatic carbocycles. The van der Waals surface area contributed by atoms with E-state index in [1.807, 2.05) is 23.9 Å². The molecule has 2 atom stereocenters. The number of aromatic nitrogens is 5. The lowest BCUT2D eigenvalue weighted by Gasteiger charge is -2.36. The van der Waals surface area contributed by atoms with Gasteiger partial charge in [0.2, 0.25) is 0 Å². The van der Waals surface area contributed by atoms with Crippen LogP contribution in [0, 0.1) is 0 Å². The second-order valence-electron chi connectivity index (χ2n) is 7.92. The number of H-pyrrole nitrogens is 1. The normalized spacial score (nSPS) is 24.2. The number of aliphatic imine (C=N–C) groups is 1. The second kappa shape index (κ2) is 6.31. The summed E-state index contributed by atoms with van der Waals surface area (Å²) >= 11 is 1.57. The van der Waals surface area contributed by atoms with Gasteiger partial charge in [-0.15, -0.1) is 0 Å². The Kier molecular flexibility index (Phi) is 3.99. The summed E-state index contributed by atoms with van der Waals surface area (Å²) in [5.41, 5.74) is 2.06. The van der Waals surface area contributed by atoms with Crippen LogP contribution in [0.5, 0.6) is 0 Å². The fourth-order valence-electron chi connectivity index (χ4n) is 4.14. The van der Waals surface area contributed by atoms with E-state index < -0.39 is 0 Å². The number of nitrogens with zero attached hydrogens (tertiary/aromatic N) is 5. The average molecular weight is 398 g/mol. The van der Waals surface area contributed by atoms with E-state index in [1.54, 1.807) is 28.7 Å². The van der Waals surface area contributed by atoms with Gasteiger partial charge in [0, 0.05) is 24.6 Å². The van der Waals surface area contributed by atoms with Gasteiger partial charge in [-0.2, -0.15) is 5.10 Å². The topological polar surface area (TPSA) is 89.6 Å². The number of rotatable bonds is 2. The maximum Gasteiger partial charge on any atom is 0.271 e. The van der Waals surface area contributed by atoms with Gasteiger partial charge in [-0.3, -0.25) is 14.6 Å². The molecule has 1 N–H and O–H groups in total. The highest BCUT2D eigenvalue weighted by Crippen LogP contribution is 2.46. The Hall–Kier alpha value is -2.39. The van der Waals surface area contributed by atoms with Gasteiger partial charge in [-0.25, -0.2) is 14.5 Å². The number of nitrogens with one attached hydrogen (secondary N) is 1.